The van der Waals surface area contributed by atoms with Gasteiger partial charge in [0, 0.05) is 18.8 Å². The monoisotopic (exact) mass is 524 g/mol. The van der Waals surface area contributed by atoms with Crippen molar-refractivity contribution in [2.45, 2.75) is 26.4 Å². The third kappa shape index (κ3) is 6.62. The lowest BCUT2D eigenvalue weighted by molar-refractivity contribution is -0.136. The molecule has 0 saturated heterocycles. The Hall–Kier alpha value is -5.10. The number of ether oxygens (including phenoxy) is 2. The Kier molecular flexibility index (Phi) is 7.96. The van der Waals surface area contributed by atoms with Crippen molar-refractivity contribution >= 4 is 29.2 Å². The Morgan fingerprint density at radius 1 is 0.923 bits per heavy atom. The van der Waals surface area contributed by atoms with Gasteiger partial charge in [0.05, 0.1) is 11.1 Å². The van der Waals surface area contributed by atoms with Gasteiger partial charge in [-0.25, -0.2) is 4.79 Å². The number of carbonyl (C=O) groups is 3. The van der Waals surface area contributed by atoms with E-state index in [0.29, 0.717) is 28.3 Å². The zero-order chi connectivity index (χ0) is 28.0. The average molecular weight is 525 g/mol. The van der Waals surface area contributed by atoms with Crippen LogP contribution in [0.25, 0.3) is 5.57 Å². The molecule has 3 aromatic carbocycles. The number of carbonyl (C=O) groups excluding carboxylic acids is 3. The van der Waals surface area contributed by atoms with Crippen LogP contribution in [-0.2, 0) is 14.3 Å². The summed E-state index contributed by atoms with van der Waals surface area (Å²) in [6.07, 6.45) is -0.629. The fraction of sp³-hybridized carbons (Fsp3) is 0.200. The Labute approximate surface area is 226 Å². The number of nitrogens with zero attached hydrogens (tertiary/aromatic N) is 2. The molecule has 198 valence electrons. The van der Waals surface area contributed by atoms with Gasteiger partial charge < -0.3 is 20.1 Å². The zero-order valence-electron chi connectivity index (χ0n) is 21.9. The zero-order valence-corrected chi connectivity index (χ0v) is 21.9. The van der Waals surface area contributed by atoms with Crippen LogP contribution in [0.3, 0.4) is 0 Å². The number of alkyl carbamates (subject to hydrolysis) is 1. The second kappa shape index (κ2) is 11.5. The Balaban J connectivity index is 1.51. The van der Waals surface area contributed by atoms with Crippen molar-refractivity contribution in [3.63, 3.8) is 0 Å². The summed E-state index contributed by atoms with van der Waals surface area (Å²) in [5, 5.41) is 14.9. The standard InChI is InChI=1S/C30H28N4O5/c1-30(2,3)39-29(37)32-17-18-34-27(35)25(20-9-5-4-6-10-20)26(28(34)36)33-22-13-15-23(16-14-22)38-24-12-8-7-11-21(24)19-31/h4-16,33H,17-18H2,1-3H3,(H,32,37). The smallest absolute Gasteiger partial charge is 0.407 e. The maximum absolute atomic E-state index is 13.4. The molecular formula is C30H28N4O5. The van der Waals surface area contributed by atoms with Crippen LogP contribution in [0.2, 0.25) is 0 Å². The molecule has 1 aliphatic rings. The molecular weight excluding hydrogens is 496 g/mol. The quantitative estimate of drug-likeness (QED) is 0.395. The van der Waals surface area contributed by atoms with Gasteiger partial charge in [-0.1, -0.05) is 42.5 Å². The summed E-state index contributed by atoms with van der Waals surface area (Å²) in [5.41, 5.74) is 1.27. The largest absolute Gasteiger partial charge is 0.456 e. The summed E-state index contributed by atoms with van der Waals surface area (Å²) >= 11 is 0. The first-order chi connectivity index (χ1) is 18.7. The normalized spacial score (nSPS) is 13.2. The number of rotatable bonds is 8. The molecule has 0 aromatic heterocycles. The molecule has 4 rings (SSSR count). The molecule has 0 radical (unpaired) electrons. The molecule has 39 heavy (non-hydrogen) atoms. The van der Waals surface area contributed by atoms with E-state index in [1.165, 1.54) is 0 Å². The lowest BCUT2D eigenvalue weighted by atomic mass is 10.0. The molecule has 1 aliphatic heterocycles. The van der Waals surface area contributed by atoms with Crippen molar-refractivity contribution < 1.29 is 23.9 Å². The molecule has 2 N–H and O–H groups in total. The first kappa shape index (κ1) is 26.9. The third-order valence-electron chi connectivity index (χ3n) is 5.59. The van der Waals surface area contributed by atoms with Crippen molar-refractivity contribution in [1.82, 2.24) is 10.2 Å². The Morgan fingerprint density at radius 2 is 1.59 bits per heavy atom. The van der Waals surface area contributed by atoms with Gasteiger partial charge in [0.15, 0.2) is 0 Å². The number of hydrogen-bond donors (Lipinski definition) is 2. The third-order valence-corrected chi connectivity index (χ3v) is 5.59. The summed E-state index contributed by atoms with van der Waals surface area (Å²) < 4.78 is 11.0. The molecule has 0 bridgehead atoms. The number of amides is 3. The summed E-state index contributed by atoms with van der Waals surface area (Å²) in [6, 6.07) is 24.7. The maximum Gasteiger partial charge on any atom is 0.407 e. The van der Waals surface area contributed by atoms with Crippen molar-refractivity contribution in [1.29, 1.82) is 5.26 Å². The lowest BCUT2D eigenvalue weighted by Crippen LogP contribution is -2.41. The molecule has 9 nitrogen and oxygen atoms in total. The second-order valence-corrected chi connectivity index (χ2v) is 9.67. The molecule has 3 aromatic rings. The van der Waals surface area contributed by atoms with Crippen molar-refractivity contribution in [2.75, 3.05) is 18.4 Å². The highest BCUT2D eigenvalue weighted by atomic mass is 16.6. The molecule has 0 unspecified atom stereocenters. The van der Waals surface area contributed by atoms with Crippen LogP contribution in [0.15, 0.2) is 84.6 Å². The number of nitrogens with one attached hydrogen (secondary N) is 2. The minimum absolute atomic E-state index is 0.0243. The van der Waals surface area contributed by atoms with Crippen LogP contribution in [0, 0.1) is 11.3 Å². The van der Waals surface area contributed by atoms with Crippen molar-refractivity contribution in [3.05, 3.63) is 95.7 Å². The van der Waals surface area contributed by atoms with E-state index in [4.69, 9.17) is 9.47 Å². The SMILES string of the molecule is CC(C)(C)OC(=O)NCCN1C(=O)C(Nc2ccc(Oc3ccccc3C#N)cc2)=C(c2ccccc2)C1=O. The van der Waals surface area contributed by atoms with Crippen LogP contribution in [0.1, 0.15) is 31.9 Å². The number of para-hydroxylation sites is 1. The summed E-state index contributed by atoms with van der Waals surface area (Å²) in [6.45, 7) is 5.26. The van der Waals surface area contributed by atoms with E-state index in [1.54, 1.807) is 93.6 Å². The number of imide groups is 1. The summed E-state index contributed by atoms with van der Waals surface area (Å²) in [4.78, 5) is 39.8. The van der Waals surface area contributed by atoms with Gasteiger partial charge in [0.2, 0.25) is 0 Å². The molecule has 0 atom stereocenters. The Bertz CT molecular complexity index is 1450. The molecule has 9 heteroatoms. The number of benzene rings is 3. The predicted octanol–water partition coefficient (Wildman–Crippen LogP) is 5.07. The maximum atomic E-state index is 13.4. The van der Waals surface area contributed by atoms with Crippen LogP contribution in [0.4, 0.5) is 10.5 Å². The molecule has 0 fully saturated rings. The van der Waals surface area contributed by atoms with Gasteiger partial charge >= 0.3 is 6.09 Å². The molecule has 0 saturated carbocycles. The van der Waals surface area contributed by atoms with E-state index < -0.39 is 23.5 Å². The van der Waals surface area contributed by atoms with Gasteiger partial charge in [-0.2, -0.15) is 5.26 Å². The summed E-state index contributed by atoms with van der Waals surface area (Å²) in [7, 11) is 0. The molecule has 0 spiro atoms. The van der Waals surface area contributed by atoms with Gasteiger partial charge in [-0.15, -0.1) is 0 Å². The Morgan fingerprint density at radius 3 is 2.26 bits per heavy atom. The van der Waals surface area contributed by atoms with E-state index >= 15 is 0 Å². The second-order valence-electron chi connectivity index (χ2n) is 9.67. The highest BCUT2D eigenvalue weighted by Gasteiger charge is 2.39. The summed E-state index contributed by atoms with van der Waals surface area (Å²) in [5.74, 6) is -0.0352. The predicted molar refractivity (Wildman–Crippen MR) is 146 cm³/mol. The minimum atomic E-state index is -0.664. The highest BCUT2D eigenvalue weighted by Crippen LogP contribution is 2.31. The van der Waals surface area contributed by atoms with E-state index in [-0.39, 0.29) is 24.4 Å². The molecule has 0 aliphatic carbocycles. The van der Waals surface area contributed by atoms with Gasteiger partial charge in [0.25, 0.3) is 11.8 Å². The van der Waals surface area contributed by atoms with Crippen LogP contribution < -0.4 is 15.4 Å². The number of hydrogen-bond acceptors (Lipinski definition) is 7. The van der Waals surface area contributed by atoms with Crippen molar-refractivity contribution in [2.24, 2.45) is 0 Å². The van der Waals surface area contributed by atoms with Crippen LogP contribution in [-0.4, -0.2) is 41.5 Å². The first-order valence-corrected chi connectivity index (χ1v) is 12.3. The van der Waals surface area contributed by atoms with Gasteiger partial charge in [-0.05, 0) is 62.7 Å². The molecule has 3 amide bonds. The topological polar surface area (TPSA) is 121 Å². The van der Waals surface area contributed by atoms with Gasteiger partial charge in [-0.3, -0.25) is 14.5 Å². The van der Waals surface area contributed by atoms with E-state index in [2.05, 4.69) is 16.7 Å². The van der Waals surface area contributed by atoms with Crippen LogP contribution >= 0.6 is 0 Å². The number of nitriles is 1. The van der Waals surface area contributed by atoms with Crippen LogP contribution in [0.5, 0.6) is 11.5 Å². The highest BCUT2D eigenvalue weighted by molar-refractivity contribution is 6.36. The minimum Gasteiger partial charge on any atom is -0.456 e. The first-order valence-electron chi connectivity index (χ1n) is 12.3. The van der Waals surface area contributed by atoms with E-state index in [0.717, 1.165) is 4.90 Å². The van der Waals surface area contributed by atoms with Crippen molar-refractivity contribution in [3.8, 4) is 17.6 Å². The van der Waals surface area contributed by atoms with E-state index in [9.17, 15) is 19.6 Å². The number of anilines is 1. The average Bonchev–Trinajstić information content (AvgIpc) is 3.13. The lowest BCUT2D eigenvalue weighted by Gasteiger charge is -2.20. The van der Waals surface area contributed by atoms with E-state index in [1.807, 2.05) is 6.07 Å². The molecule has 1 heterocycles. The fourth-order valence-corrected chi connectivity index (χ4v) is 3.88. The van der Waals surface area contributed by atoms with Gasteiger partial charge in [0.1, 0.15) is 28.9 Å². The fourth-order valence-electron chi connectivity index (χ4n) is 3.88.